The maximum Gasteiger partial charge on any atom is 0.252 e. The molecule has 1 fully saturated rings. The van der Waals surface area contributed by atoms with E-state index < -0.39 is 11.7 Å². The van der Waals surface area contributed by atoms with Crippen molar-refractivity contribution in [1.82, 2.24) is 0 Å². The van der Waals surface area contributed by atoms with E-state index in [0.717, 1.165) is 25.7 Å². The molecule has 0 spiro atoms. The second-order valence-electron chi connectivity index (χ2n) is 8.27. The number of hydrogen-bond acceptors (Lipinski definition) is 3. The van der Waals surface area contributed by atoms with Crippen LogP contribution >= 0.6 is 0 Å². The number of benzene rings is 1. The van der Waals surface area contributed by atoms with E-state index in [1.54, 1.807) is 13.8 Å². The van der Waals surface area contributed by atoms with E-state index in [-0.39, 0.29) is 34.7 Å². The Morgan fingerprint density at radius 3 is 2.24 bits per heavy atom. The number of primary amides is 1. The third-order valence-corrected chi connectivity index (χ3v) is 4.85. The standard InChI is InChI=1S/C20H30FNO3/c1-12(2)24-17-11-16(21)18(10-15(17)19(22)23)25-14-8-6-13(7-9-14)20(3,4)5/h10-14H,6-9H2,1-5H3,(H2,22,23)/t13-,14+. The molecule has 0 aliphatic heterocycles. The molecule has 1 aromatic rings. The van der Waals surface area contributed by atoms with Crippen molar-refractivity contribution in [1.29, 1.82) is 0 Å². The van der Waals surface area contributed by atoms with Gasteiger partial charge in [0.1, 0.15) is 5.75 Å². The maximum atomic E-state index is 14.4. The summed E-state index contributed by atoms with van der Waals surface area (Å²) in [5.41, 5.74) is 5.84. The average molecular weight is 351 g/mol. The Morgan fingerprint density at radius 2 is 1.76 bits per heavy atom. The van der Waals surface area contributed by atoms with Crippen molar-refractivity contribution in [2.45, 2.75) is 72.5 Å². The van der Waals surface area contributed by atoms with Crippen LogP contribution in [0.4, 0.5) is 4.39 Å². The Bertz CT molecular complexity index is 614. The van der Waals surface area contributed by atoms with Crippen molar-refractivity contribution in [2.75, 3.05) is 0 Å². The van der Waals surface area contributed by atoms with Gasteiger partial charge in [-0.1, -0.05) is 20.8 Å². The molecule has 25 heavy (non-hydrogen) atoms. The molecule has 140 valence electrons. The molecule has 0 bridgehead atoms. The number of hydrogen-bond donors (Lipinski definition) is 1. The molecule has 0 radical (unpaired) electrons. The number of ether oxygens (including phenoxy) is 2. The Balaban J connectivity index is 2.12. The lowest BCUT2D eigenvalue weighted by atomic mass is 9.72. The Labute approximate surface area is 149 Å². The number of halogens is 1. The highest BCUT2D eigenvalue weighted by Crippen LogP contribution is 2.39. The van der Waals surface area contributed by atoms with Gasteiger partial charge in [0.05, 0.1) is 17.8 Å². The zero-order chi connectivity index (χ0) is 18.8. The van der Waals surface area contributed by atoms with E-state index in [4.69, 9.17) is 15.2 Å². The SMILES string of the molecule is CC(C)Oc1cc(F)c(O[C@H]2CC[C@@H](C(C)(C)C)CC2)cc1C(N)=O. The van der Waals surface area contributed by atoms with Gasteiger partial charge in [0, 0.05) is 6.07 Å². The van der Waals surface area contributed by atoms with Gasteiger partial charge in [0.2, 0.25) is 0 Å². The van der Waals surface area contributed by atoms with Gasteiger partial charge < -0.3 is 15.2 Å². The van der Waals surface area contributed by atoms with Crippen LogP contribution in [0.2, 0.25) is 0 Å². The molecule has 4 nitrogen and oxygen atoms in total. The molecule has 0 unspecified atom stereocenters. The molecule has 1 aliphatic rings. The van der Waals surface area contributed by atoms with Crippen LogP contribution in [0.1, 0.15) is 70.7 Å². The first-order chi connectivity index (χ1) is 11.6. The number of rotatable bonds is 5. The molecule has 0 aromatic heterocycles. The molecule has 1 aromatic carbocycles. The van der Waals surface area contributed by atoms with Crippen molar-refractivity contribution in [2.24, 2.45) is 17.1 Å². The summed E-state index contributed by atoms with van der Waals surface area (Å²) >= 11 is 0. The van der Waals surface area contributed by atoms with Crippen LogP contribution in [-0.2, 0) is 0 Å². The molecular formula is C20H30FNO3. The summed E-state index contributed by atoms with van der Waals surface area (Å²) in [7, 11) is 0. The number of amides is 1. The average Bonchev–Trinajstić information content (AvgIpc) is 2.48. The molecule has 2 rings (SSSR count). The summed E-state index contributed by atoms with van der Waals surface area (Å²) in [6.45, 7) is 10.4. The van der Waals surface area contributed by atoms with E-state index in [1.807, 2.05) is 0 Å². The zero-order valence-electron chi connectivity index (χ0n) is 15.9. The predicted octanol–water partition coefficient (Wildman–Crippen LogP) is 4.70. The zero-order valence-corrected chi connectivity index (χ0v) is 15.9. The van der Waals surface area contributed by atoms with Crippen molar-refractivity contribution in [3.63, 3.8) is 0 Å². The maximum absolute atomic E-state index is 14.4. The monoisotopic (exact) mass is 351 g/mol. The fourth-order valence-corrected chi connectivity index (χ4v) is 3.40. The fraction of sp³-hybridized carbons (Fsp3) is 0.650. The Kier molecular flexibility index (Phi) is 5.96. The molecule has 5 heteroatoms. The molecule has 0 atom stereocenters. The highest BCUT2D eigenvalue weighted by molar-refractivity contribution is 5.96. The minimum atomic E-state index is -0.656. The van der Waals surface area contributed by atoms with E-state index in [2.05, 4.69) is 20.8 Å². The molecule has 0 saturated heterocycles. The summed E-state index contributed by atoms with van der Waals surface area (Å²) in [4.78, 5) is 11.7. The van der Waals surface area contributed by atoms with Gasteiger partial charge in [-0.2, -0.15) is 0 Å². The van der Waals surface area contributed by atoms with Crippen LogP contribution < -0.4 is 15.2 Å². The molecule has 1 aliphatic carbocycles. The Hall–Kier alpha value is -1.78. The molecular weight excluding hydrogens is 321 g/mol. The second-order valence-corrected chi connectivity index (χ2v) is 8.27. The highest BCUT2D eigenvalue weighted by Gasteiger charge is 2.31. The smallest absolute Gasteiger partial charge is 0.252 e. The minimum Gasteiger partial charge on any atom is -0.490 e. The van der Waals surface area contributed by atoms with Gasteiger partial charge >= 0.3 is 0 Å². The van der Waals surface area contributed by atoms with Gasteiger partial charge in [-0.15, -0.1) is 0 Å². The summed E-state index contributed by atoms with van der Waals surface area (Å²) in [5, 5.41) is 0. The molecule has 1 amide bonds. The first-order valence-corrected chi connectivity index (χ1v) is 9.04. The first kappa shape index (κ1) is 19.5. The molecule has 1 saturated carbocycles. The fourth-order valence-electron chi connectivity index (χ4n) is 3.40. The van der Waals surface area contributed by atoms with Crippen LogP contribution in [0, 0.1) is 17.2 Å². The quantitative estimate of drug-likeness (QED) is 0.837. The van der Waals surface area contributed by atoms with E-state index in [9.17, 15) is 9.18 Å². The van der Waals surface area contributed by atoms with Gasteiger partial charge in [-0.3, -0.25) is 4.79 Å². The lowest BCUT2D eigenvalue weighted by molar-refractivity contribution is 0.0848. The Morgan fingerprint density at radius 1 is 1.16 bits per heavy atom. The number of carbonyl (C=O) groups excluding carboxylic acids is 1. The van der Waals surface area contributed by atoms with Crippen LogP contribution in [0.25, 0.3) is 0 Å². The second kappa shape index (κ2) is 7.63. The summed E-state index contributed by atoms with van der Waals surface area (Å²) in [5.74, 6) is -0.302. The van der Waals surface area contributed by atoms with E-state index in [0.29, 0.717) is 5.92 Å². The predicted molar refractivity (Wildman–Crippen MR) is 96.5 cm³/mol. The third kappa shape index (κ3) is 5.10. The van der Waals surface area contributed by atoms with E-state index in [1.165, 1.54) is 12.1 Å². The largest absolute Gasteiger partial charge is 0.490 e. The van der Waals surface area contributed by atoms with Gasteiger partial charge in [-0.05, 0) is 56.9 Å². The van der Waals surface area contributed by atoms with Gasteiger partial charge in [0.25, 0.3) is 5.91 Å². The van der Waals surface area contributed by atoms with Gasteiger partial charge in [-0.25, -0.2) is 4.39 Å². The normalized spacial score (nSPS) is 21.2. The van der Waals surface area contributed by atoms with Crippen LogP contribution in [0.15, 0.2) is 12.1 Å². The van der Waals surface area contributed by atoms with Crippen LogP contribution in [0.5, 0.6) is 11.5 Å². The van der Waals surface area contributed by atoms with Gasteiger partial charge in [0.15, 0.2) is 11.6 Å². The summed E-state index contributed by atoms with van der Waals surface area (Å²) in [6.07, 6.45) is 3.68. The number of carbonyl (C=O) groups is 1. The van der Waals surface area contributed by atoms with Crippen LogP contribution in [-0.4, -0.2) is 18.1 Å². The third-order valence-electron chi connectivity index (χ3n) is 4.85. The lowest BCUT2D eigenvalue weighted by Crippen LogP contribution is -2.30. The van der Waals surface area contributed by atoms with Crippen molar-refractivity contribution in [3.8, 4) is 11.5 Å². The number of nitrogens with two attached hydrogens (primary N) is 1. The summed E-state index contributed by atoms with van der Waals surface area (Å²) in [6, 6.07) is 2.56. The summed E-state index contributed by atoms with van der Waals surface area (Å²) < 4.78 is 25.8. The topological polar surface area (TPSA) is 61.6 Å². The van der Waals surface area contributed by atoms with Crippen LogP contribution in [0.3, 0.4) is 0 Å². The van der Waals surface area contributed by atoms with Crippen molar-refractivity contribution < 1.29 is 18.7 Å². The van der Waals surface area contributed by atoms with Crippen molar-refractivity contribution >= 4 is 5.91 Å². The molecule has 0 heterocycles. The molecule has 2 N–H and O–H groups in total. The van der Waals surface area contributed by atoms with Crippen molar-refractivity contribution in [3.05, 3.63) is 23.5 Å². The highest BCUT2D eigenvalue weighted by atomic mass is 19.1. The first-order valence-electron chi connectivity index (χ1n) is 9.04. The van der Waals surface area contributed by atoms with E-state index >= 15 is 0 Å². The lowest BCUT2D eigenvalue weighted by Gasteiger charge is -2.37. The minimum absolute atomic E-state index is 0.0364.